The number of hydrogen-bond acceptors (Lipinski definition) is 4. The molecule has 1 aromatic rings. The highest BCUT2D eigenvalue weighted by Gasteiger charge is 2.33. The van der Waals surface area contributed by atoms with Crippen LogP contribution in [-0.4, -0.2) is 48.5 Å². The van der Waals surface area contributed by atoms with Crippen LogP contribution in [0.5, 0.6) is 0 Å². The molecule has 1 aliphatic heterocycles. The quantitative estimate of drug-likeness (QED) is 0.822. The Morgan fingerprint density at radius 3 is 2.35 bits per heavy atom. The van der Waals surface area contributed by atoms with Gasteiger partial charge in [-0.3, -0.25) is 9.69 Å². The molecule has 1 heterocycles. The van der Waals surface area contributed by atoms with Crippen LogP contribution in [0, 0.1) is 5.92 Å². The summed E-state index contributed by atoms with van der Waals surface area (Å²) in [5.74, 6) is -0.119. The maximum Gasteiger partial charge on any atom is 0.317 e. The SMILES string of the molecule is CC(C)Cc1ccc(CN(CC(=O)O)C2CCS(=O)(=O)C2)cc1. The lowest BCUT2D eigenvalue weighted by Crippen LogP contribution is -2.39. The van der Waals surface area contributed by atoms with Gasteiger partial charge in [-0.2, -0.15) is 0 Å². The Morgan fingerprint density at radius 2 is 1.87 bits per heavy atom. The van der Waals surface area contributed by atoms with E-state index in [1.807, 2.05) is 12.1 Å². The second kappa shape index (κ2) is 7.45. The van der Waals surface area contributed by atoms with Crippen LogP contribution in [-0.2, 0) is 27.6 Å². The summed E-state index contributed by atoms with van der Waals surface area (Å²) in [6, 6.07) is 7.96. The average molecular weight is 339 g/mol. The fourth-order valence-corrected chi connectivity index (χ4v) is 4.80. The molecule has 1 aliphatic rings. The lowest BCUT2D eigenvalue weighted by molar-refractivity contribution is -0.139. The number of carboxylic acids is 1. The van der Waals surface area contributed by atoms with Crippen LogP contribution in [0.15, 0.2) is 24.3 Å². The van der Waals surface area contributed by atoms with Gasteiger partial charge in [-0.1, -0.05) is 38.1 Å². The fraction of sp³-hybridized carbons (Fsp3) is 0.588. The van der Waals surface area contributed by atoms with E-state index in [-0.39, 0.29) is 24.1 Å². The smallest absolute Gasteiger partial charge is 0.317 e. The lowest BCUT2D eigenvalue weighted by Gasteiger charge is -2.26. The molecule has 1 saturated heterocycles. The molecule has 1 N–H and O–H groups in total. The van der Waals surface area contributed by atoms with Gasteiger partial charge in [-0.15, -0.1) is 0 Å². The van der Waals surface area contributed by atoms with E-state index in [0.29, 0.717) is 18.9 Å². The molecule has 1 aromatic carbocycles. The maximum atomic E-state index is 11.7. The summed E-state index contributed by atoms with van der Waals surface area (Å²) in [4.78, 5) is 12.9. The van der Waals surface area contributed by atoms with Crippen molar-refractivity contribution in [3.8, 4) is 0 Å². The standard InChI is InChI=1S/C17H25NO4S/c1-13(2)9-14-3-5-15(6-4-14)10-18(11-17(19)20)16-7-8-23(21,22)12-16/h3-6,13,16H,7-12H2,1-2H3,(H,19,20). The third-order valence-electron chi connectivity index (χ3n) is 4.12. The zero-order chi connectivity index (χ0) is 17.0. The molecule has 1 unspecified atom stereocenters. The van der Waals surface area contributed by atoms with Gasteiger partial charge in [-0.25, -0.2) is 8.42 Å². The number of sulfone groups is 1. The molecule has 0 aromatic heterocycles. The largest absolute Gasteiger partial charge is 0.480 e. The molecule has 6 heteroatoms. The van der Waals surface area contributed by atoms with Gasteiger partial charge >= 0.3 is 5.97 Å². The molecule has 0 radical (unpaired) electrons. The fourth-order valence-electron chi connectivity index (χ4n) is 3.04. The van der Waals surface area contributed by atoms with Crippen LogP contribution >= 0.6 is 0 Å². The van der Waals surface area contributed by atoms with Gasteiger partial charge < -0.3 is 5.11 Å². The molecule has 0 bridgehead atoms. The summed E-state index contributed by atoms with van der Waals surface area (Å²) in [5, 5.41) is 9.10. The van der Waals surface area contributed by atoms with Gasteiger partial charge in [0.1, 0.15) is 0 Å². The van der Waals surface area contributed by atoms with Crippen molar-refractivity contribution in [2.24, 2.45) is 5.92 Å². The Morgan fingerprint density at radius 1 is 1.26 bits per heavy atom. The molecule has 5 nitrogen and oxygen atoms in total. The van der Waals surface area contributed by atoms with Crippen LogP contribution in [0.2, 0.25) is 0 Å². The summed E-state index contributed by atoms with van der Waals surface area (Å²) in [7, 11) is -3.02. The maximum absolute atomic E-state index is 11.7. The van der Waals surface area contributed by atoms with E-state index in [1.54, 1.807) is 4.90 Å². The minimum absolute atomic E-state index is 0.0612. The molecule has 23 heavy (non-hydrogen) atoms. The number of nitrogens with zero attached hydrogens (tertiary/aromatic N) is 1. The van der Waals surface area contributed by atoms with Crippen molar-refractivity contribution in [3.63, 3.8) is 0 Å². The van der Waals surface area contributed by atoms with Gasteiger partial charge in [0.2, 0.25) is 0 Å². The molecule has 1 atom stereocenters. The number of carbonyl (C=O) groups is 1. The molecular weight excluding hydrogens is 314 g/mol. The monoisotopic (exact) mass is 339 g/mol. The summed E-state index contributed by atoms with van der Waals surface area (Å²) in [5.41, 5.74) is 2.28. The van der Waals surface area contributed by atoms with E-state index < -0.39 is 15.8 Å². The van der Waals surface area contributed by atoms with Crippen molar-refractivity contribution in [1.82, 2.24) is 4.90 Å². The van der Waals surface area contributed by atoms with E-state index >= 15 is 0 Å². The highest BCUT2D eigenvalue weighted by molar-refractivity contribution is 7.91. The van der Waals surface area contributed by atoms with Gasteiger partial charge in [0.25, 0.3) is 0 Å². The van der Waals surface area contributed by atoms with Gasteiger partial charge in [0.05, 0.1) is 18.1 Å². The van der Waals surface area contributed by atoms with Crippen LogP contribution in [0.1, 0.15) is 31.4 Å². The third kappa shape index (κ3) is 5.62. The van der Waals surface area contributed by atoms with Gasteiger partial charge in [0, 0.05) is 12.6 Å². The van der Waals surface area contributed by atoms with Crippen LogP contribution in [0.25, 0.3) is 0 Å². The average Bonchev–Trinajstić information content (AvgIpc) is 2.79. The molecule has 0 saturated carbocycles. The Balaban J connectivity index is 2.07. The first-order valence-electron chi connectivity index (χ1n) is 7.99. The minimum Gasteiger partial charge on any atom is -0.480 e. The molecule has 128 valence electrons. The van der Waals surface area contributed by atoms with E-state index in [1.165, 1.54) is 5.56 Å². The lowest BCUT2D eigenvalue weighted by atomic mass is 10.0. The second-order valence-corrected chi connectivity index (χ2v) is 9.00. The van der Waals surface area contributed by atoms with Crippen LogP contribution < -0.4 is 0 Å². The minimum atomic E-state index is -3.02. The van der Waals surface area contributed by atoms with Crippen molar-refractivity contribution < 1.29 is 18.3 Å². The number of rotatable bonds is 7. The zero-order valence-electron chi connectivity index (χ0n) is 13.7. The highest BCUT2D eigenvalue weighted by Crippen LogP contribution is 2.20. The molecule has 0 spiro atoms. The summed E-state index contributed by atoms with van der Waals surface area (Å²) < 4.78 is 23.3. The first-order chi connectivity index (χ1) is 10.7. The summed E-state index contributed by atoms with van der Waals surface area (Å²) in [6.07, 6.45) is 1.53. The summed E-state index contributed by atoms with van der Waals surface area (Å²) in [6.45, 7) is 4.68. The second-order valence-electron chi connectivity index (χ2n) is 6.77. The van der Waals surface area contributed by atoms with E-state index in [2.05, 4.69) is 26.0 Å². The van der Waals surface area contributed by atoms with Gasteiger partial charge in [-0.05, 0) is 29.9 Å². The normalized spacial score (nSPS) is 20.3. The Kier molecular flexibility index (Phi) is 5.81. The number of hydrogen-bond donors (Lipinski definition) is 1. The predicted octanol–water partition coefficient (Wildman–Crippen LogP) is 1.96. The molecule has 1 fully saturated rings. The first kappa shape index (κ1) is 17.9. The van der Waals surface area contributed by atoms with Crippen molar-refractivity contribution in [2.45, 2.75) is 39.3 Å². The molecular formula is C17H25NO4S. The molecule has 2 rings (SSSR count). The molecule has 0 amide bonds. The van der Waals surface area contributed by atoms with Crippen molar-refractivity contribution >= 4 is 15.8 Å². The summed E-state index contributed by atoms with van der Waals surface area (Å²) >= 11 is 0. The van der Waals surface area contributed by atoms with Crippen molar-refractivity contribution in [2.75, 3.05) is 18.1 Å². The highest BCUT2D eigenvalue weighted by atomic mass is 32.2. The number of benzene rings is 1. The van der Waals surface area contributed by atoms with E-state index in [9.17, 15) is 13.2 Å². The van der Waals surface area contributed by atoms with Crippen molar-refractivity contribution in [3.05, 3.63) is 35.4 Å². The van der Waals surface area contributed by atoms with Crippen LogP contribution in [0.3, 0.4) is 0 Å². The topological polar surface area (TPSA) is 74.7 Å². The Hall–Kier alpha value is -1.40. The predicted molar refractivity (Wildman–Crippen MR) is 90.1 cm³/mol. The van der Waals surface area contributed by atoms with E-state index in [0.717, 1.165) is 12.0 Å². The Bertz CT molecular complexity index is 637. The zero-order valence-corrected chi connectivity index (χ0v) is 14.6. The van der Waals surface area contributed by atoms with Gasteiger partial charge in [0.15, 0.2) is 9.84 Å². The van der Waals surface area contributed by atoms with Crippen molar-refractivity contribution in [1.29, 1.82) is 0 Å². The Labute approximate surface area is 138 Å². The number of aliphatic carboxylic acids is 1. The third-order valence-corrected chi connectivity index (χ3v) is 5.87. The molecule has 0 aliphatic carbocycles. The van der Waals surface area contributed by atoms with Crippen LogP contribution in [0.4, 0.5) is 0 Å². The number of carboxylic acid groups (broad SMARTS) is 1. The van der Waals surface area contributed by atoms with E-state index in [4.69, 9.17) is 5.11 Å². The first-order valence-corrected chi connectivity index (χ1v) is 9.81.